The molecule has 0 saturated heterocycles. The topological polar surface area (TPSA) is 79.8 Å². The van der Waals surface area contributed by atoms with E-state index in [1.165, 1.54) is 5.56 Å². The fourth-order valence-electron chi connectivity index (χ4n) is 1.94. The molecule has 1 aromatic rings. The van der Waals surface area contributed by atoms with Gasteiger partial charge in [-0.05, 0) is 23.0 Å². The molecule has 0 aliphatic carbocycles. The van der Waals surface area contributed by atoms with Crippen molar-refractivity contribution >= 4 is 18.0 Å². The van der Waals surface area contributed by atoms with Gasteiger partial charge in [-0.1, -0.05) is 45.0 Å². The minimum Gasteiger partial charge on any atom is -0.385 e. The lowest BCUT2D eigenvalue weighted by Crippen LogP contribution is -2.30. The van der Waals surface area contributed by atoms with Crippen LogP contribution >= 0.6 is 0 Å². The second kappa shape index (κ2) is 9.82. The number of ether oxygens (including phenoxy) is 1. The van der Waals surface area contributed by atoms with Gasteiger partial charge in [0.05, 0.1) is 6.21 Å². The molecule has 0 heterocycles. The Balaban J connectivity index is 2.35. The van der Waals surface area contributed by atoms with Gasteiger partial charge in [0, 0.05) is 20.3 Å². The van der Waals surface area contributed by atoms with E-state index in [9.17, 15) is 9.59 Å². The molecule has 6 nitrogen and oxygen atoms in total. The molecule has 2 N–H and O–H groups in total. The number of carbonyl (C=O) groups excluding carboxylic acids is 2. The Morgan fingerprint density at radius 3 is 2.42 bits per heavy atom. The first-order valence-corrected chi connectivity index (χ1v) is 8.01. The maximum absolute atomic E-state index is 11.6. The number of nitrogens with one attached hydrogen (secondary N) is 2. The van der Waals surface area contributed by atoms with Crippen LogP contribution in [-0.4, -0.2) is 38.3 Å². The van der Waals surface area contributed by atoms with E-state index in [0.717, 1.165) is 5.56 Å². The van der Waals surface area contributed by atoms with Crippen LogP contribution in [0, 0.1) is 0 Å². The summed E-state index contributed by atoms with van der Waals surface area (Å²) in [6, 6.07) is 7.96. The van der Waals surface area contributed by atoms with Crippen molar-refractivity contribution < 1.29 is 14.3 Å². The molecule has 0 spiro atoms. The summed E-state index contributed by atoms with van der Waals surface area (Å²) in [7, 11) is 1.60. The van der Waals surface area contributed by atoms with Crippen molar-refractivity contribution in [2.75, 3.05) is 20.3 Å². The van der Waals surface area contributed by atoms with E-state index in [4.69, 9.17) is 4.74 Å². The first kappa shape index (κ1) is 19.8. The lowest BCUT2D eigenvalue weighted by Gasteiger charge is -2.18. The van der Waals surface area contributed by atoms with Crippen molar-refractivity contribution in [2.24, 2.45) is 5.10 Å². The largest absolute Gasteiger partial charge is 0.385 e. The molecule has 2 amide bonds. The van der Waals surface area contributed by atoms with Crippen LogP contribution in [0.3, 0.4) is 0 Å². The average Bonchev–Trinajstić information content (AvgIpc) is 2.51. The Morgan fingerprint density at radius 1 is 1.17 bits per heavy atom. The molecule has 132 valence electrons. The summed E-state index contributed by atoms with van der Waals surface area (Å²) in [5, 5.41) is 6.52. The molecule has 1 aromatic carbocycles. The van der Waals surface area contributed by atoms with Gasteiger partial charge in [-0.3, -0.25) is 9.59 Å². The van der Waals surface area contributed by atoms with Crippen LogP contribution in [0.4, 0.5) is 0 Å². The number of hydrogen-bond acceptors (Lipinski definition) is 4. The number of carbonyl (C=O) groups is 2. The molecule has 6 heteroatoms. The molecular weight excluding hydrogens is 306 g/mol. The molecule has 24 heavy (non-hydrogen) atoms. The molecule has 0 unspecified atom stereocenters. The third-order valence-corrected chi connectivity index (χ3v) is 3.35. The number of benzene rings is 1. The number of hydrazone groups is 1. The van der Waals surface area contributed by atoms with Gasteiger partial charge in [0.15, 0.2) is 0 Å². The van der Waals surface area contributed by atoms with Crippen LogP contribution in [0.1, 0.15) is 44.7 Å². The quantitative estimate of drug-likeness (QED) is 0.330. The predicted octanol–water partition coefficient (Wildman–Crippen LogP) is 1.98. The second-order valence-electron chi connectivity index (χ2n) is 6.54. The predicted molar refractivity (Wildman–Crippen MR) is 95.0 cm³/mol. The Bertz CT molecular complexity index is 560. The molecule has 0 fully saturated rings. The molecular formula is C18H27N3O3. The first-order chi connectivity index (χ1) is 11.3. The van der Waals surface area contributed by atoms with Gasteiger partial charge in [-0.15, -0.1) is 0 Å². The summed E-state index contributed by atoms with van der Waals surface area (Å²) in [5.74, 6) is -0.768. The highest BCUT2D eigenvalue weighted by Crippen LogP contribution is 2.21. The number of hydrogen-bond donors (Lipinski definition) is 2. The third kappa shape index (κ3) is 7.87. The smallest absolute Gasteiger partial charge is 0.249 e. The fourth-order valence-corrected chi connectivity index (χ4v) is 1.94. The number of nitrogens with zero attached hydrogens (tertiary/aromatic N) is 1. The zero-order valence-corrected chi connectivity index (χ0v) is 14.9. The van der Waals surface area contributed by atoms with E-state index in [0.29, 0.717) is 19.6 Å². The van der Waals surface area contributed by atoms with Crippen LogP contribution in [0.2, 0.25) is 0 Å². The van der Waals surface area contributed by atoms with E-state index in [1.807, 2.05) is 24.3 Å². The monoisotopic (exact) mass is 333 g/mol. The maximum atomic E-state index is 11.6. The summed E-state index contributed by atoms with van der Waals surface area (Å²) in [6.45, 7) is 7.51. The van der Waals surface area contributed by atoms with Crippen LogP contribution < -0.4 is 10.7 Å². The number of rotatable bonds is 8. The van der Waals surface area contributed by atoms with Crippen molar-refractivity contribution in [1.29, 1.82) is 0 Å². The van der Waals surface area contributed by atoms with Gasteiger partial charge in [0.2, 0.25) is 11.8 Å². The normalized spacial score (nSPS) is 11.5. The molecule has 1 rings (SSSR count). The van der Waals surface area contributed by atoms with E-state index >= 15 is 0 Å². The van der Waals surface area contributed by atoms with E-state index < -0.39 is 5.91 Å². The Hall–Kier alpha value is -2.21. The summed E-state index contributed by atoms with van der Waals surface area (Å²) < 4.78 is 4.88. The summed E-state index contributed by atoms with van der Waals surface area (Å²) >= 11 is 0. The zero-order chi connectivity index (χ0) is 18.0. The molecule has 0 radical (unpaired) electrons. The van der Waals surface area contributed by atoms with Crippen LogP contribution in [0.5, 0.6) is 0 Å². The van der Waals surface area contributed by atoms with Crippen LogP contribution in [0.15, 0.2) is 29.4 Å². The van der Waals surface area contributed by atoms with Crippen molar-refractivity contribution in [1.82, 2.24) is 10.7 Å². The van der Waals surface area contributed by atoms with Gasteiger partial charge in [0.1, 0.15) is 6.42 Å². The SMILES string of the molecule is COCCCNC(=O)CC(=O)N/N=C/c1ccc(C(C)(C)C)cc1. The average molecular weight is 333 g/mol. The standard InChI is InChI=1S/C18H27N3O3/c1-18(2,3)15-8-6-14(7-9-15)13-20-21-17(23)12-16(22)19-10-5-11-24-4/h6-9,13H,5,10-12H2,1-4H3,(H,19,22)(H,21,23)/b20-13+. The minimum atomic E-state index is -0.443. The lowest BCUT2D eigenvalue weighted by molar-refractivity contribution is -0.129. The van der Waals surface area contributed by atoms with Crippen molar-refractivity contribution in [3.8, 4) is 0 Å². The second-order valence-corrected chi connectivity index (χ2v) is 6.54. The Labute approximate surface area is 143 Å². The van der Waals surface area contributed by atoms with Crippen molar-refractivity contribution in [3.63, 3.8) is 0 Å². The van der Waals surface area contributed by atoms with Gasteiger partial charge in [0.25, 0.3) is 0 Å². The number of amides is 2. The molecule has 0 aliphatic heterocycles. The van der Waals surface area contributed by atoms with E-state index in [2.05, 4.69) is 36.6 Å². The summed E-state index contributed by atoms with van der Waals surface area (Å²) in [4.78, 5) is 23.1. The summed E-state index contributed by atoms with van der Waals surface area (Å²) in [5.41, 5.74) is 4.56. The highest BCUT2D eigenvalue weighted by Gasteiger charge is 2.12. The Morgan fingerprint density at radius 2 is 1.83 bits per heavy atom. The van der Waals surface area contributed by atoms with Crippen LogP contribution in [-0.2, 0) is 19.7 Å². The van der Waals surface area contributed by atoms with Crippen molar-refractivity contribution in [2.45, 2.75) is 39.0 Å². The third-order valence-electron chi connectivity index (χ3n) is 3.35. The maximum Gasteiger partial charge on any atom is 0.249 e. The lowest BCUT2D eigenvalue weighted by atomic mass is 9.87. The van der Waals surface area contributed by atoms with Gasteiger partial charge in [-0.25, -0.2) is 5.43 Å². The van der Waals surface area contributed by atoms with Gasteiger partial charge in [-0.2, -0.15) is 5.10 Å². The van der Waals surface area contributed by atoms with Crippen molar-refractivity contribution in [3.05, 3.63) is 35.4 Å². The molecule has 0 bridgehead atoms. The van der Waals surface area contributed by atoms with Crippen LogP contribution in [0.25, 0.3) is 0 Å². The molecule has 0 atom stereocenters. The van der Waals surface area contributed by atoms with E-state index in [-0.39, 0.29) is 17.7 Å². The number of methoxy groups -OCH3 is 1. The minimum absolute atomic E-state index is 0.0977. The zero-order valence-electron chi connectivity index (χ0n) is 14.9. The van der Waals surface area contributed by atoms with E-state index in [1.54, 1.807) is 13.3 Å². The Kier molecular flexibility index (Phi) is 8.12. The molecule has 0 aliphatic rings. The fraction of sp³-hybridized carbons (Fsp3) is 0.500. The van der Waals surface area contributed by atoms with Gasteiger partial charge < -0.3 is 10.1 Å². The first-order valence-electron chi connectivity index (χ1n) is 8.01. The highest BCUT2D eigenvalue weighted by molar-refractivity contribution is 5.97. The molecule has 0 aromatic heterocycles. The van der Waals surface area contributed by atoms with Gasteiger partial charge >= 0.3 is 0 Å². The molecule has 0 saturated carbocycles. The highest BCUT2D eigenvalue weighted by atomic mass is 16.5. The summed E-state index contributed by atoms with van der Waals surface area (Å²) in [6.07, 6.45) is 2.03.